The summed E-state index contributed by atoms with van der Waals surface area (Å²) in [5, 5.41) is 0. The third-order valence-corrected chi connectivity index (χ3v) is 3.25. The van der Waals surface area contributed by atoms with Gasteiger partial charge < -0.3 is 4.98 Å². The van der Waals surface area contributed by atoms with Crippen LogP contribution < -0.4 is 5.69 Å². The highest BCUT2D eigenvalue weighted by Crippen LogP contribution is 2.20. The number of aromatic amines is 1. The number of rotatable bonds is 1. The van der Waals surface area contributed by atoms with E-state index >= 15 is 0 Å². The second-order valence-electron chi connectivity index (χ2n) is 4.72. The third kappa shape index (κ3) is 1.85. The zero-order valence-corrected chi connectivity index (χ0v) is 10.7. The van der Waals surface area contributed by atoms with E-state index in [9.17, 15) is 9.18 Å². The maximum Gasteiger partial charge on any atom is 0.331 e. The number of aryl methyl sites for hydroxylation is 2. The van der Waals surface area contributed by atoms with Gasteiger partial charge in [-0.3, -0.25) is 4.57 Å². The van der Waals surface area contributed by atoms with Crippen LogP contribution in [-0.4, -0.2) is 9.55 Å². The van der Waals surface area contributed by atoms with E-state index in [4.69, 9.17) is 0 Å². The minimum absolute atomic E-state index is 0.255. The van der Waals surface area contributed by atoms with Crippen molar-refractivity contribution in [3.8, 4) is 5.69 Å². The van der Waals surface area contributed by atoms with Gasteiger partial charge in [0.15, 0.2) is 0 Å². The minimum atomic E-state index is -0.359. The number of hydrogen-bond donors (Lipinski definition) is 1. The quantitative estimate of drug-likeness (QED) is 0.714. The molecule has 96 valence electrons. The van der Waals surface area contributed by atoms with Gasteiger partial charge in [-0.15, -0.1) is 0 Å². The second-order valence-corrected chi connectivity index (χ2v) is 4.72. The molecule has 0 saturated carbocycles. The van der Waals surface area contributed by atoms with E-state index in [1.165, 1.54) is 12.1 Å². The Kier molecular flexibility index (Phi) is 2.52. The molecule has 2 aromatic carbocycles. The van der Waals surface area contributed by atoms with Crippen LogP contribution in [0.3, 0.4) is 0 Å². The molecule has 0 spiro atoms. The molecule has 0 radical (unpaired) electrons. The Hall–Kier alpha value is -2.36. The lowest BCUT2D eigenvalue weighted by molar-refractivity contribution is 0.629. The van der Waals surface area contributed by atoms with E-state index in [-0.39, 0.29) is 11.5 Å². The summed E-state index contributed by atoms with van der Waals surface area (Å²) >= 11 is 0. The first-order valence-electron chi connectivity index (χ1n) is 6.04. The summed E-state index contributed by atoms with van der Waals surface area (Å²) in [6.07, 6.45) is 0. The Balaban J connectivity index is 2.39. The highest BCUT2D eigenvalue weighted by molar-refractivity contribution is 5.77. The summed E-state index contributed by atoms with van der Waals surface area (Å²) in [4.78, 5) is 14.8. The zero-order chi connectivity index (χ0) is 13.6. The number of nitrogens with zero attached hydrogens (tertiary/aromatic N) is 1. The monoisotopic (exact) mass is 256 g/mol. The number of H-pyrrole nitrogens is 1. The van der Waals surface area contributed by atoms with Crippen molar-refractivity contribution in [2.75, 3.05) is 0 Å². The number of fused-ring (bicyclic) bond motifs is 1. The van der Waals surface area contributed by atoms with Crippen LogP contribution in [0.25, 0.3) is 16.7 Å². The molecule has 0 unspecified atom stereocenters. The number of hydrogen-bond acceptors (Lipinski definition) is 1. The normalized spacial score (nSPS) is 11.1. The zero-order valence-electron chi connectivity index (χ0n) is 10.7. The van der Waals surface area contributed by atoms with Gasteiger partial charge in [-0.05, 0) is 49.2 Å². The standard InChI is InChI=1S/C15H13FN2O/c1-9-3-4-10(2)14(7-9)18-13-6-5-11(16)8-12(13)17-15(18)19/h3-8H,1-2H3,(H,17,19). The van der Waals surface area contributed by atoms with E-state index in [1.54, 1.807) is 10.6 Å². The van der Waals surface area contributed by atoms with E-state index < -0.39 is 0 Å². The average Bonchev–Trinajstić information content (AvgIpc) is 2.67. The van der Waals surface area contributed by atoms with Crippen LogP contribution in [0.1, 0.15) is 11.1 Å². The van der Waals surface area contributed by atoms with Gasteiger partial charge in [-0.1, -0.05) is 12.1 Å². The lowest BCUT2D eigenvalue weighted by Gasteiger charge is -2.08. The first-order chi connectivity index (χ1) is 9.06. The van der Waals surface area contributed by atoms with Crippen LogP contribution in [0.15, 0.2) is 41.2 Å². The molecule has 0 aliphatic carbocycles. The molecule has 3 aromatic rings. The molecule has 0 aliphatic heterocycles. The summed E-state index contributed by atoms with van der Waals surface area (Å²) in [6, 6.07) is 10.2. The molecular formula is C15H13FN2O. The van der Waals surface area contributed by atoms with Crippen LogP contribution >= 0.6 is 0 Å². The van der Waals surface area contributed by atoms with Crippen LogP contribution in [0.4, 0.5) is 4.39 Å². The van der Waals surface area contributed by atoms with Crippen LogP contribution in [0.2, 0.25) is 0 Å². The number of benzene rings is 2. The Labute approximate surface area is 109 Å². The number of aromatic nitrogens is 2. The van der Waals surface area contributed by atoms with Gasteiger partial charge in [0.25, 0.3) is 0 Å². The van der Waals surface area contributed by atoms with Crippen molar-refractivity contribution < 1.29 is 4.39 Å². The van der Waals surface area contributed by atoms with Crippen molar-refractivity contribution in [3.05, 3.63) is 63.8 Å². The number of imidazole rings is 1. The predicted octanol–water partition coefficient (Wildman–Crippen LogP) is 3.07. The molecule has 0 atom stereocenters. The molecule has 0 fully saturated rings. The summed E-state index contributed by atoms with van der Waals surface area (Å²) in [6.45, 7) is 3.92. The Morgan fingerprint density at radius 1 is 1.11 bits per heavy atom. The maximum absolute atomic E-state index is 13.2. The van der Waals surface area contributed by atoms with E-state index in [0.717, 1.165) is 16.8 Å². The van der Waals surface area contributed by atoms with Crippen molar-refractivity contribution in [1.82, 2.24) is 9.55 Å². The molecule has 1 N–H and O–H groups in total. The molecule has 0 amide bonds. The summed E-state index contributed by atoms with van der Waals surface area (Å²) in [5.74, 6) is -0.359. The fourth-order valence-electron chi connectivity index (χ4n) is 2.28. The fourth-order valence-corrected chi connectivity index (χ4v) is 2.28. The number of halogens is 1. The first kappa shape index (κ1) is 11.7. The van der Waals surface area contributed by atoms with Crippen LogP contribution in [0, 0.1) is 19.7 Å². The van der Waals surface area contributed by atoms with E-state index in [2.05, 4.69) is 4.98 Å². The maximum atomic E-state index is 13.2. The minimum Gasteiger partial charge on any atom is -0.305 e. The lowest BCUT2D eigenvalue weighted by atomic mass is 10.1. The smallest absolute Gasteiger partial charge is 0.305 e. The molecule has 0 saturated heterocycles. The van der Waals surface area contributed by atoms with Crippen molar-refractivity contribution in [3.63, 3.8) is 0 Å². The van der Waals surface area contributed by atoms with Crippen LogP contribution in [-0.2, 0) is 0 Å². The summed E-state index contributed by atoms with van der Waals surface area (Å²) in [5.41, 5.74) is 3.82. The molecule has 0 bridgehead atoms. The van der Waals surface area contributed by atoms with E-state index in [0.29, 0.717) is 11.0 Å². The van der Waals surface area contributed by atoms with Gasteiger partial charge in [-0.2, -0.15) is 0 Å². The van der Waals surface area contributed by atoms with E-state index in [1.807, 2.05) is 32.0 Å². The van der Waals surface area contributed by atoms with Crippen LogP contribution in [0.5, 0.6) is 0 Å². The van der Waals surface area contributed by atoms with Gasteiger partial charge >= 0.3 is 5.69 Å². The average molecular weight is 256 g/mol. The SMILES string of the molecule is Cc1ccc(C)c(-n2c(=O)[nH]c3cc(F)ccc32)c1. The highest BCUT2D eigenvalue weighted by atomic mass is 19.1. The number of nitrogens with one attached hydrogen (secondary N) is 1. The van der Waals surface area contributed by atoms with Gasteiger partial charge in [-0.25, -0.2) is 9.18 Å². The molecule has 1 aromatic heterocycles. The molecule has 3 rings (SSSR count). The third-order valence-electron chi connectivity index (χ3n) is 3.25. The topological polar surface area (TPSA) is 37.8 Å². The lowest BCUT2D eigenvalue weighted by Crippen LogP contribution is -2.15. The van der Waals surface area contributed by atoms with Gasteiger partial charge in [0.05, 0.1) is 16.7 Å². The molecular weight excluding hydrogens is 243 g/mol. The predicted molar refractivity (Wildman–Crippen MR) is 73.3 cm³/mol. The first-order valence-corrected chi connectivity index (χ1v) is 6.04. The van der Waals surface area contributed by atoms with Crippen molar-refractivity contribution in [2.24, 2.45) is 0 Å². The van der Waals surface area contributed by atoms with Gasteiger partial charge in [0.1, 0.15) is 5.82 Å². The van der Waals surface area contributed by atoms with Gasteiger partial charge in [0.2, 0.25) is 0 Å². The molecule has 19 heavy (non-hydrogen) atoms. The molecule has 3 nitrogen and oxygen atoms in total. The second kappa shape index (κ2) is 4.09. The largest absolute Gasteiger partial charge is 0.331 e. The van der Waals surface area contributed by atoms with Crippen molar-refractivity contribution >= 4 is 11.0 Å². The van der Waals surface area contributed by atoms with Crippen molar-refractivity contribution in [2.45, 2.75) is 13.8 Å². The molecule has 1 heterocycles. The van der Waals surface area contributed by atoms with Crippen molar-refractivity contribution in [1.29, 1.82) is 0 Å². The molecule has 0 aliphatic rings. The fraction of sp³-hybridized carbons (Fsp3) is 0.133. The van der Waals surface area contributed by atoms with Gasteiger partial charge in [0, 0.05) is 0 Å². The Morgan fingerprint density at radius 3 is 2.68 bits per heavy atom. The summed E-state index contributed by atoms with van der Waals surface area (Å²) < 4.78 is 14.8. The summed E-state index contributed by atoms with van der Waals surface area (Å²) in [7, 11) is 0. The Bertz CT molecular complexity index is 830. The Morgan fingerprint density at radius 2 is 1.89 bits per heavy atom. The molecule has 4 heteroatoms. The highest BCUT2D eigenvalue weighted by Gasteiger charge is 2.11.